The van der Waals surface area contributed by atoms with Crippen LogP contribution in [0.25, 0.3) is 0 Å². The number of hydrogen-bond donors (Lipinski definition) is 3. The van der Waals surface area contributed by atoms with Crippen LogP contribution >= 0.6 is 0 Å². The maximum atomic E-state index is 5.37. The Balaban J connectivity index is 2.43. The number of nitrogens with one attached hydrogen (secondary N) is 2. The van der Waals surface area contributed by atoms with Crippen LogP contribution in [0.4, 0.5) is 11.8 Å². The van der Waals surface area contributed by atoms with E-state index in [4.69, 9.17) is 10.6 Å². The highest BCUT2D eigenvalue weighted by atomic mass is 16.5. The topological polar surface area (TPSA) is 85.1 Å². The Bertz CT molecular complexity index is 294. The summed E-state index contributed by atoms with van der Waals surface area (Å²) in [7, 11) is 0. The zero-order valence-electron chi connectivity index (χ0n) is 9.03. The average molecular weight is 211 g/mol. The van der Waals surface area contributed by atoms with E-state index in [1.54, 1.807) is 12.3 Å². The molecule has 0 radical (unpaired) electrons. The van der Waals surface area contributed by atoms with Crippen molar-refractivity contribution in [3.8, 4) is 0 Å². The van der Waals surface area contributed by atoms with Crippen LogP contribution in [-0.2, 0) is 4.74 Å². The molecule has 6 heteroatoms. The van der Waals surface area contributed by atoms with Gasteiger partial charge in [0.05, 0.1) is 6.10 Å². The molecule has 1 rings (SSSR count). The lowest BCUT2D eigenvalue weighted by Gasteiger charge is -2.13. The minimum Gasteiger partial charge on any atom is -0.377 e. The standard InChI is InChI=1S/C9H17N5O/c1-3-15-7(2)6-12-8-4-5-11-9(13-8)14-10/h4-5,7H,3,6,10H2,1-2H3,(H2,11,12,13,14). The Hall–Kier alpha value is -1.40. The molecule has 84 valence electrons. The van der Waals surface area contributed by atoms with Gasteiger partial charge in [0, 0.05) is 19.3 Å². The van der Waals surface area contributed by atoms with Gasteiger partial charge < -0.3 is 10.1 Å². The first kappa shape index (κ1) is 11.7. The van der Waals surface area contributed by atoms with Gasteiger partial charge in [-0.3, -0.25) is 5.43 Å². The van der Waals surface area contributed by atoms with Gasteiger partial charge in [-0.05, 0) is 19.9 Å². The maximum Gasteiger partial charge on any atom is 0.239 e. The SMILES string of the molecule is CCOC(C)CNc1ccnc(NN)n1. The molecule has 1 aromatic heterocycles. The van der Waals surface area contributed by atoms with Crippen molar-refractivity contribution < 1.29 is 4.74 Å². The molecule has 4 N–H and O–H groups in total. The summed E-state index contributed by atoms with van der Waals surface area (Å²) in [6.07, 6.45) is 1.79. The monoisotopic (exact) mass is 211 g/mol. The molecule has 1 unspecified atom stereocenters. The van der Waals surface area contributed by atoms with E-state index in [2.05, 4.69) is 20.7 Å². The van der Waals surface area contributed by atoms with Gasteiger partial charge in [-0.2, -0.15) is 4.98 Å². The fourth-order valence-corrected chi connectivity index (χ4v) is 1.12. The van der Waals surface area contributed by atoms with E-state index in [0.717, 1.165) is 5.82 Å². The van der Waals surface area contributed by atoms with Gasteiger partial charge >= 0.3 is 0 Å². The highest BCUT2D eigenvalue weighted by Crippen LogP contribution is 2.04. The third-order valence-electron chi connectivity index (χ3n) is 1.81. The van der Waals surface area contributed by atoms with Crippen LogP contribution in [-0.4, -0.2) is 29.2 Å². The van der Waals surface area contributed by atoms with E-state index < -0.39 is 0 Å². The Morgan fingerprint density at radius 2 is 2.40 bits per heavy atom. The van der Waals surface area contributed by atoms with Gasteiger partial charge in [0.1, 0.15) is 5.82 Å². The maximum absolute atomic E-state index is 5.37. The molecule has 1 heterocycles. The molecule has 15 heavy (non-hydrogen) atoms. The second kappa shape index (κ2) is 6.15. The predicted octanol–water partition coefficient (Wildman–Crippen LogP) is 0.599. The van der Waals surface area contributed by atoms with E-state index in [9.17, 15) is 0 Å². The lowest BCUT2D eigenvalue weighted by molar-refractivity contribution is 0.0855. The highest BCUT2D eigenvalue weighted by Gasteiger charge is 2.01. The Morgan fingerprint density at radius 1 is 1.60 bits per heavy atom. The fourth-order valence-electron chi connectivity index (χ4n) is 1.12. The number of nitrogen functional groups attached to an aromatic ring is 1. The molecule has 6 nitrogen and oxygen atoms in total. The zero-order chi connectivity index (χ0) is 11.1. The molecule has 0 fully saturated rings. The highest BCUT2D eigenvalue weighted by molar-refractivity contribution is 5.38. The summed E-state index contributed by atoms with van der Waals surface area (Å²) in [6.45, 7) is 5.38. The number of ether oxygens (including phenoxy) is 1. The van der Waals surface area contributed by atoms with Crippen LogP contribution in [0.5, 0.6) is 0 Å². The molecular weight excluding hydrogens is 194 g/mol. The van der Waals surface area contributed by atoms with Crippen LogP contribution < -0.4 is 16.6 Å². The van der Waals surface area contributed by atoms with Crippen LogP contribution in [0.2, 0.25) is 0 Å². The van der Waals surface area contributed by atoms with E-state index in [0.29, 0.717) is 19.1 Å². The molecule has 0 aliphatic rings. The van der Waals surface area contributed by atoms with E-state index in [1.165, 1.54) is 0 Å². The Labute approximate surface area is 89.2 Å². The molecule has 1 aromatic rings. The quantitative estimate of drug-likeness (QED) is 0.472. The first-order valence-corrected chi connectivity index (χ1v) is 4.91. The summed E-state index contributed by atoms with van der Waals surface area (Å²) in [6, 6.07) is 1.78. The lowest BCUT2D eigenvalue weighted by atomic mass is 10.4. The summed E-state index contributed by atoms with van der Waals surface area (Å²) >= 11 is 0. The van der Waals surface area contributed by atoms with Crippen molar-refractivity contribution in [2.45, 2.75) is 20.0 Å². The normalized spacial score (nSPS) is 12.2. The minimum atomic E-state index is 0.152. The summed E-state index contributed by atoms with van der Waals surface area (Å²) in [5.41, 5.74) is 2.39. The summed E-state index contributed by atoms with van der Waals surface area (Å²) in [5.74, 6) is 6.31. The first-order chi connectivity index (χ1) is 7.26. The number of nitrogens with zero attached hydrogens (tertiary/aromatic N) is 2. The van der Waals surface area contributed by atoms with Gasteiger partial charge in [-0.1, -0.05) is 0 Å². The zero-order valence-corrected chi connectivity index (χ0v) is 9.03. The van der Waals surface area contributed by atoms with Gasteiger partial charge in [0.2, 0.25) is 5.95 Å². The molecular formula is C9H17N5O. The smallest absolute Gasteiger partial charge is 0.239 e. The number of hydrazine groups is 1. The predicted molar refractivity (Wildman–Crippen MR) is 59.4 cm³/mol. The molecule has 0 saturated carbocycles. The number of anilines is 2. The molecule has 1 atom stereocenters. The number of aromatic nitrogens is 2. The van der Waals surface area contributed by atoms with Crippen molar-refractivity contribution in [3.63, 3.8) is 0 Å². The van der Waals surface area contributed by atoms with Gasteiger partial charge in [-0.25, -0.2) is 10.8 Å². The fraction of sp³-hybridized carbons (Fsp3) is 0.556. The molecule has 0 spiro atoms. The average Bonchev–Trinajstić information content (AvgIpc) is 2.27. The molecule has 0 saturated heterocycles. The third kappa shape index (κ3) is 4.09. The summed E-state index contributed by atoms with van der Waals surface area (Å²) in [5, 5.41) is 3.13. The van der Waals surface area contributed by atoms with E-state index in [1.807, 2.05) is 13.8 Å². The molecule has 0 bridgehead atoms. The van der Waals surface area contributed by atoms with E-state index in [-0.39, 0.29) is 6.10 Å². The molecule has 0 amide bonds. The summed E-state index contributed by atoms with van der Waals surface area (Å²) in [4.78, 5) is 8.01. The van der Waals surface area contributed by atoms with Crippen LogP contribution in [0.15, 0.2) is 12.3 Å². The van der Waals surface area contributed by atoms with Gasteiger partial charge in [-0.15, -0.1) is 0 Å². The van der Waals surface area contributed by atoms with E-state index >= 15 is 0 Å². The van der Waals surface area contributed by atoms with Gasteiger partial charge in [0.25, 0.3) is 0 Å². The van der Waals surface area contributed by atoms with Crippen molar-refractivity contribution in [1.29, 1.82) is 0 Å². The van der Waals surface area contributed by atoms with Crippen molar-refractivity contribution in [1.82, 2.24) is 9.97 Å². The lowest BCUT2D eigenvalue weighted by Crippen LogP contribution is -2.20. The van der Waals surface area contributed by atoms with Crippen molar-refractivity contribution in [2.24, 2.45) is 5.84 Å². The molecule has 0 aliphatic heterocycles. The van der Waals surface area contributed by atoms with Crippen molar-refractivity contribution in [2.75, 3.05) is 23.9 Å². The Kier molecular flexibility index (Phi) is 4.79. The van der Waals surface area contributed by atoms with Crippen LogP contribution in [0.1, 0.15) is 13.8 Å². The summed E-state index contributed by atoms with van der Waals surface area (Å²) < 4.78 is 5.37. The first-order valence-electron chi connectivity index (χ1n) is 4.91. The van der Waals surface area contributed by atoms with Crippen LogP contribution in [0, 0.1) is 0 Å². The third-order valence-corrected chi connectivity index (χ3v) is 1.81. The Morgan fingerprint density at radius 3 is 3.07 bits per heavy atom. The van der Waals surface area contributed by atoms with Gasteiger partial charge in [0.15, 0.2) is 0 Å². The number of rotatable bonds is 6. The minimum absolute atomic E-state index is 0.152. The van der Waals surface area contributed by atoms with Crippen molar-refractivity contribution in [3.05, 3.63) is 12.3 Å². The number of nitrogens with two attached hydrogens (primary N) is 1. The second-order valence-electron chi connectivity index (χ2n) is 3.06. The molecule has 0 aliphatic carbocycles. The largest absolute Gasteiger partial charge is 0.377 e. The molecule has 0 aromatic carbocycles. The van der Waals surface area contributed by atoms with Crippen LogP contribution in [0.3, 0.4) is 0 Å². The second-order valence-corrected chi connectivity index (χ2v) is 3.06. The number of hydrogen-bond acceptors (Lipinski definition) is 6. The van der Waals surface area contributed by atoms with Crippen molar-refractivity contribution >= 4 is 11.8 Å².